The molecule has 0 saturated heterocycles. The van der Waals surface area contributed by atoms with Crippen LogP contribution >= 0.6 is 0 Å². The first-order valence-corrected chi connectivity index (χ1v) is 6.42. The number of aromatic nitrogens is 1. The highest BCUT2D eigenvalue weighted by Crippen LogP contribution is 2.25. The lowest BCUT2D eigenvalue weighted by atomic mass is 10.1. The molecule has 1 aliphatic rings. The third-order valence-corrected chi connectivity index (χ3v) is 3.56. The predicted molar refractivity (Wildman–Crippen MR) is 69.9 cm³/mol. The first kappa shape index (κ1) is 14.0. The van der Waals surface area contributed by atoms with E-state index in [1.807, 2.05) is 6.07 Å². The van der Waals surface area contributed by atoms with Gasteiger partial charge in [0, 0.05) is 6.04 Å². The van der Waals surface area contributed by atoms with Gasteiger partial charge in [-0.2, -0.15) is 5.26 Å². The predicted octanol–water partition coefficient (Wildman–Crippen LogP) is 1.24. The molecule has 1 fully saturated rings. The molecule has 1 aliphatic carbocycles. The summed E-state index contributed by atoms with van der Waals surface area (Å²) in [5, 5.41) is 20.5. The van der Waals surface area contributed by atoms with E-state index in [0.717, 1.165) is 0 Å². The van der Waals surface area contributed by atoms with Crippen LogP contribution in [0.4, 0.5) is 0 Å². The molecule has 0 radical (unpaired) electrons. The Hall–Kier alpha value is -2.42. The fourth-order valence-electron chi connectivity index (χ4n) is 2.40. The molecule has 2 rings (SSSR count). The fraction of sp³-hybridized carbons (Fsp3) is 0.429. The first-order valence-electron chi connectivity index (χ1n) is 6.42. The molecule has 2 atom stereocenters. The minimum Gasteiger partial charge on any atom is -0.481 e. The van der Waals surface area contributed by atoms with Crippen molar-refractivity contribution >= 4 is 11.9 Å². The van der Waals surface area contributed by atoms with E-state index in [9.17, 15) is 9.59 Å². The Kier molecular flexibility index (Phi) is 3.99. The van der Waals surface area contributed by atoms with Gasteiger partial charge in [0.05, 0.1) is 17.2 Å². The van der Waals surface area contributed by atoms with Crippen LogP contribution < -0.4 is 5.32 Å². The van der Waals surface area contributed by atoms with Crippen LogP contribution in [0, 0.1) is 24.2 Å². The van der Waals surface area contributed by atoms with Crippen molar-refractivity contribution in [3.8, 4) is 6.07 Å². The summed E-state index contributed by atoms with van der Waals surface area (Å²) in [6, 6.07) is 4.94. The molecular formula is C14H15N3O3. The van der Waals surface area contributed by atoms with Crippen LogP contribution in [-0.4, -0.2) is 28.0 Å². The molecule has 1 heterocycles. The molecule has 0 aliphatic heterocycles. The minimum atomic E-state index is -0.811. The lowest BCUT2D eigenvalue weighted by Gasteiger charge is -2.12. The summed E-state index contributed by atoms with van der Waals surface area (Å²) >= 11 is 0. The highest BCUT2D eigenvalue weighted by atomic mass is 16.4. The number of hydrogen-bond donors (Lipinski definition) is 2. The van der Waals surface area contributed by atoms with Gasteiger partial charge in [0.15, 0.2) is 0 Å². The molecule has 6 heteroatoms. The van der Waals surface area contributed by atoms with Crippen molar-refractivity contribution in [3.63, 3.8) is 0 Å². The molecule has 1 aromatic heterocycles. The number of hydrogen-bond acceptors (Lipinski definition) is 4. The Morgan fingerprint density at radius 1 is 1.45 bits per heavy atom. The van der Waals surface area contributed by atoms with Crippen LogP contribution in [0.1, 0.15) is 41.0 Å². The average molecular weight is 273 g/mol. The fourth-order valence-corrected chi connectivity index (χ4v) is 2.40. The van der Waals surface area contributed by atoms with Gasteiger partial charge >= 0.3 is 5.97 Å². The van der Waals surface area contributed by atoms with E-state index in [0.29, 0.717) is 30.5 Å². The number of carboxylic acids is 1. The number of carboxylic acid groups (broad SMARTS) is 1. The molecule has 20 heavy (non-hydrogen) atoms. The second kappa shape index (κ2) is 5.70. The van der Waals surface area contributed by atoms with Gasteiger partial charge in [-0.25, -0.2) is 4.98 Å². The largest absolute Gasteiger partial charge is 0.481 e. The Labute approximate surface area is 116 Å². The number of carbonyl (C=O) groups is 2. The quantitative estimate of drug-likeness (QED) is 0.862. The topological polar surface area (TPSA) is 103 Å². The lowest BCUT2D eigenvalue weighted by molar-refractivity contribution is -0.141. The number of nitrogens with zero attached hydrogens (tertiary/aromatic N) is 2. The number of carbonyl (C=O) groups excluding carboxylic acids is 1. The summed E-state index contributed by atoms with van der Waals surface area (Å²) in [6.07, 6.45) is 1.70. The number of pyridine rings is 1. The molecule has 0 spiro atoms. The van der Waals surface area contributed by atoms with Gasteiger partial charge in [-0.1, -0.05) is 0 Å². The molecule has 2 N–H and O–H groups in total. The molecule has 1 aromatic rings. The SMILES string of the molecule is Cc1nc(C(=O)N[C@H]2CC[C@@H](C(=O)O)C2)ccc1C#N. The third-order valence-electron chi connectivity index (χ3n) is 3.56. The van der Waals surface area contributed by atoms with E-state index in [-0.39, 0.29) is 23.6 Å². The van der Waals surface area contributed by atoms with Crippen LogP contribution in [0.25, 0.3) is 0 Å². The Morgan fingerprint density at radius 2 is 2.20 bits per heavy atom. The van der Waals surface area contributed by atoms with Gasteiger partial charge in [-0.3, -0.25) is 9.59 Å². The monoisotopic (exact) mass is 273 g/mol. The Bertz CT molecular complexity index is 592. The summed E-state index contributed by atoms with van der Waals surface area (Å²) < 4.78 is 0. The normalized spacial score (nSPS) is 21.2. The van der Waals surface area contributed by atoms with E-state index >= 15 is 0 Å². The highest BCUT2D eigenvalue weighted by Gasteiger charge is 2.30. The van der Waals surface area contributed by atoms with Gasteiger partial charge in [-0.15, -0.1) is 0 Å². The zero-order valence-electron chi connectivity index (χ0n) is 11.1. The molecule has 0 aromatic carbocycles. The molecule has 1 saturated carbocycles. The summed E-state index contributed by atoms with van der Waals surface area (Å²) in [7, 11) is 0. The number of aliphatic carboxylic acids is 1. The summed E-state index contributed by atoms with van der Waals surface area (Å²) in [5.41, 5.74) is 1.20. The second-order valence-corrected chi connectivity index (χ2v) is 4.96. The minimum absolute atomic E-state index is 0.124. The maximum atomic E-state index is 12.0. The van der Waals surface area contributed by atoms with Crippen molar-refractivity contribution in [3.05, 3.63) is 29.1 Å². The molecule has 1 amide bonds. The van der Waals surface area contributed by atoms with Gasteiger partial charge in [0.25, 0.3) is 5.91 Å². The van der Waals surface area contributed by atoms with E-state index in [4.69, 9.17) is 10.4 Å². The van der Waals surface area contributed by atoms with Crippen LogP contribution in [-0.2, 0) is 4.79 Å². The zero-order valence-corrected chi connectivity index (χ0v) is 11.1. The zero-order chi connectivity index (χ0) is 14.7. The number of nitriles is 1. The van der Waals surface area contributed by atoms with Crippen molar-refractivity contribution in [1.29, 1.82) is 5.26 Å². The smallest absolute Gasteiger partial charge is 0.306 e. The van der Waals surface area contributed by atoms with Crippen LogP contribution in [0.15, 0.2) is 12.1 Å². The van der Waals surface area contributed by atoms with Crippen molar-refractivity contribution < 1.29 is 14.7 Å². The molecule has 0 unspecified atom stereocenters. The number of aryl methyl sites for hydroxylation is 1. The number of nitrogens with one attached hydrogen (secondary N) is 1. The Balaban J connectivity index is 2.01. The van der Waals surface area contributed by atoms with Gasteiger partial charge in [0.1, 0.15) is 11.8 Å². The van der Waals surface area contributed by atoms with E-state index in [2.05, 4.69) is 10.3 Å². The van der Waals surface area contributed by atoms with E-state index < -0.39 is 5.97 Å². The van der Waals surface area contributed by atoms with E-state index in [1.165, 1.54) is 6.07 Å². The highest BCUT2D eigenvalue weighted by molar-refractivity contribution is 5.92. The van der Waals surface area contributed by atoms with Gasteiger partial charge < -0.3 is 10.4 Å². The summed E-state index contributed by atoms with van der Waals surface area (Å²) in [6.45, 7) is 1.67. The van der Waals surface area contributed by atoms with Gasteiger partial charge in [-0.05, 0) is 38.3 Å². The summed E-state index contributed by atoms with van der Waals surface area (Å²) in [5.74, 6) is -1.52. The Morgan fingerprint density at radius 3 is 2.75 bits per heavy atom. The molecular weight excluding hydrogens is 258 g/mol. The van der Waals surface area contributed by atoms with E-state index in [1.54, 1.807) is 13.0 Å². The average Bonchev–Trinajstić information content (AvgIpc) is 2.87. The van der Waals surface area contributed by atoms with Crippen molar-refractivity contribution in [2.75, 3.05) is 0 Å². The number of rotatable bonds is 3. The van der Waals surface area contributed by atoms with Crippen LogP contribution in [0.5, 0.6) is 0 Å². The molecule has 104 valence electrons. The lowest BCUT2D eigenvalue weighted by Crippen LogP contribution is -2.34. The standard InChI is InChI=1S/C14H15N3O3/c1-8-10(7-15)3-5-12(16-8)13(18)17-11-4-2-9(6-11)14(19)20/h3,5,9,11H,2,4,6H2,1H3,(H,17,18)(H,19,20)/t9-,11+/m1/s1. The van der Waals surface area contributed by atoms with Crippen LogP contribution in [0.2, 0.25) is 0 Å². The molecule has 6 nitrogen and oxygen atoms in total. The van der Waals surface area contributed by atoms with Gasteiger partial charge in [0.2, 0.25) is 0 Å². The summed E-state index contributed by atoms with van der Waals surface area (Å²) in [4.78, 5) is 27.0. The van der Waals surface area contributed by atoms with Crippen LogP contribution in [0.3, 0.4) is 0 Å². The maximum absolute atomic E-state index is 12.0. The van der Waals surface area contributed by atoms with Crippen molar-refractivity contribution in [2.24, 2.45) is 5.92 Å². The first-order chi connectivity index (χ1) is 9.51. The second-order valence-electron chi connectivity index (χ2n) is 4.96. The number of amides is 1. The molecule has 0 bridgehead atoms. The van der Waals surface area contributed by atoms with Crippen molar-refractivity contribution in [2.45, 2.75) is 32.2 Å². The van der Waals surface area contributed by atoms with Crippen molar-refractivity contribution in [1.82, 2.24) is 10.3 Å². The maximum Gasteiger partial charge on any atom is 0.306 e. The third kappa shape index (κ3) is 2.94.